The highest BCUT2D eigenvalue weighted by atomic mass is 16.5. The quantitative estimate of drug-likeness (QED) is 0.821. The molecule has 1 aromatic heterocycles. The van der Waals surface area contributed by atoms with Crippen molar-refractivity contribution in [2.24, 2.45) is 7.05 Å². The minimum absolute atomic E-state index is 0.0816. The van der Waals surface area contributed by atoms with Crippen LogP contribution in [0.25, 0.3) is 10.9 Å². The number of aryl methyl sites for hydroxylation is 1. The average Bonchev–Trinajstić information content (AvgIpc) is 2.81. The van der Waals surface area contributed by atoms with E-state index in [1.54, 1.807) is 14.2 Å². The van der Waals surface area contributed by atoms with Gasteiger partial charge in [-0.2, -0.15) is 0 Å². The Morgan fingerprint density at radius 3 is 2.85 bits per heavy atom. The Morgan fingerprint density at radius 1 is 1.35 bits per heavy atom. The number of nitrogens with one attached hydrogen (secondary N) is 1. The third-order valence-corrected chi connectivity index (χ3v) is 3.31. The maximum atomic E-state index is 12.2. The number of nitrogens with zero attached hydrogens (tertiary/aromatic N) is 1. The van der Waals surface area contributed by atoms with Crippen molar-refractivity contribution in [3.63, 3.8) is 0 Å². The van der Waals surface area contributed by atoms with Crippen molar-refractivity contribution in [2.45, 2.75) is 6.42 Å². The Labute approximate surface area is 118 Å². The van der Waals surface area contributed by atoms with Crippen molar-refractivity contribution in [3.8, 4) is 5.75 Å². The summed E-state index contributed by atoms with van der Waals surface area (Å²) in [4.78, 5) is 12.2. The third-order valence-electron chi connectivity index (χ3n) is 3.31. The van der Waals surface area contributed by atoms with Gasteiger partial charge in [-0.3, -0.25) is 4.79 Å². The molecule has 2 rings (SSSR count). The van der Waals surface area contributed by atoms with Gasteiger partial charge in [0.05, 0.1) is 12.6 Å². The Hall–Kier alpha value is -2.01. The summed E-state index contributed by atoms with van der Waals surface area (Å²) in [7, 11) is 5.16. The molecule has 5 heteroatoms. The van der Waals surface area contributed by atoms with Gasteiger partial charge in [0.2, 0.25) is 0 Å². The normalized spacial score (nSPS) is 10.8. The highest BCUT2D eigenvalue weighted by Crippen LogP contribution is 2.27. The molecule has 5 nitrogen and oxygen atoms in total. The summed E-state index contributed by atoms with van der Waals surface area (Å²) in [5, 5.41) is 3.84. The molecule has 1 aromatic carbocycles. The topological polar surface area (TPSA) is 52.5 Å². The highest BCUT2D eigenvalue weighted by molar-refractivity contribution is 6.00. The zero-order valence-electron chi connectivity index (χ0n) is 12.1. The largest absolute Gasteiger partial charge is 0.496 e. The van der Waals surface area contributed by atoms with Crippen molar-refractivity contribution < 1.29 is 14.3 Å². The van der Waals surface area contributed by atoms with Crippen LogP contribution in [-0.2, 0) is 11.8 Å². The van der Waals surface area contributed by atoms with E-state index in [9.17, 15) is 4.79 Å². The van der Waals surface area contributed by atoms with Gasteiger partial charge in [0, 0.05) is 32.7 Å². The molecule has 108 valence electrons. The van der Waals surface area contributed by atoms with Crippen LogP contribution in [0.4, 0.5) is 0 Å². The van der Waals surface area contributed by atoms with Crippen LogP contribution in [-0.4, -0.2) is 37.8 Å². The van der Waals surface area contributed by atoms with Crippen molar-refractivity contribution in [2.75, 3.05) is 27.4 Å². The number of hydrogen-bond acceptors (Lipinski definition) is 3. The fourth-order valence-electron chi connectivity index (χ4n) is 2.24. The van der Waals surface area contributed by atoms with Gasteiger partial charge < -0.3 is 19.4 Å². The third kappa shape index (κ3) is 2.77. The van der Waals surface area contributed by atoms with E-state index in [-0.39, 0.29) is 5.91 Å². The van der Waals surface area contributed by atoms with Crippen molar-refractivity contribution in [1.29, 1.82) is 0 Å². The monoisotopic (exact) mass is 276 g/mol. The number of benzene rings is 1. The average molecular weight is 276 g/mol. The maximum Gasteiger partial charge on any atom is 0.267 e. The van der Waals surface area contributed by atoms with E-state index in [2.05, 4.69) is 5.32 Å². The van der Waals surface area contributed by atoms with Gasteiger partial charge in [0.1, 0.15) is 11.4 Å². The van der Waals surface area contributed by atoms with E-state index >= 15 is 0 Å². The second-order valence-electron chi connectivity index (χ2n) is 4.58. The zero-order valence-corrected chi connectivity index (χ0v) is 12.1. The number of aromatic nitrogens is 1. The summed E-state index contributed by atoms with van der Waals surface area (Å²) in [6.45, 7) is 1.24. The number of carbonyl (C=O) groups excluding carboxylic acids is 1. The first-order chi connectivity index (χ1) is 9.69. The fraction of sp³-hybridized carbons (Fsp3) is 0.400. The number of ether oxygens (including phenoxy) is 2. The smallest absolute Gasteiger partial charge is 0.267 e. The summed E-state index contributed by atoms with van der Waals surface area (Å²) >= 11 is 0. The molecule has 1 amide bonds. The lowest BCUT2D eigenvalue weighted by molar-refractivity contribution is 0.0941. The molecule has 0 spiro atoms. The molecule has 0 aliphatic rings. The summed E-state index contributed by atoms with van der Waals surface area (Å²) in [5.74, 6) is 0.693. The molecule has 0 bridgehead atoms. The number of amides is 1. The van der Waals surface area contributed by atoms with Crippen LogP contribution < -0.4 is 10.1 Å². The Kier molecular flexibility index (Phi) is 4.63. The maximum absolute atomic E-state index is 12.2. The predicted molar refractivity (Wildman–Crippen MR) is 78.3 cm³/mol. The molecule has 0 aliphatic heterocycles. The highest BCUT2D eigenvalue weighted by Gasteiger charge is 2.14. The van der Waals surface area contributed by atoms with Crippen LogP contribution in [0.3, 0.4) is 0 Å². The first-order valence-electron chi connectivity index (χ1n) is 6.58. The van der Waals surface area contributed by atoms with Gasteiger partial charge in [0.15, 0.2) is 0 Å². The number of hydrogen-bond donors (Lipinski definition) is 1. The first-order valence-corrected chi connectivity index (χ1v) is 6.58. The molecular weight excluding hydrogens is 256 g/mol. The van der Waals surface area contributed by atoms with E-state index in [0.717, 1.165) is 23.1 Å². The predicted octanol–water partition coefficient (Wildman–Crippen LogP) is 1.95. The standard InChI is InChI=1S/C15H20N2O3/c1-17-12-6-4-7-14(20-3)11(12)10-13(17)15(18)16-8-5-9-19-2/h4,6-7,10H,5,8-9H2,1-3H3,(H,16,18). The lowest BCUT2D eigenvalue weighted by Crippen LogP contribution is -2.26. The van der Waals surface area contributed by atoms with Gasteiger partial charge in [-0.05, 0) is 24.6 Å². The molecule has 0 saturated heterocycles. The first kappa shape index (κ1) is 14.4. The molecule has 1 heterocycles. The van der Waals surface area contributed by atoms with Gasteiger partial charge in [-0.1, -0.05) is 6.07 Å². The number of fused-ring (bicyclic) bond motifs is 1. The molecule has 0 fully saturated rings. The molecule has 0 saturated carbocycles. The van der Waals surface area contributed by atoms with Crippen molar-refractivity contribution >= 4 is 16.8 Å². The van der Waals surface area contributed by atoms with Crippen LogP contribution in [0, 0.1) is 0 Å². The van der Waals surface area contributed by atoms with Gasteiger partial charge in [-0.15, -0.1) is 0 Å². The lowest BCUT2D eigenvalue weighted by Gasteiger charge is -2.06. The van der Waals surface area contributed by atoms with Crippen LogP contribution in [0.1, 0.15) is 16.9 Å². The minimum Gasteiger partial charge on any atom is -0.496 e. The Balaban J connectivity index is 2.22. The van der Waals surface area contributed by atoms with Gasteiger partial charge in [0.25, 0.3) is 5.91 Å². The molecular formula is C15H20N2O3. The number of methoxy groups -OCH3 is 2. The number of carbonyl (C=O) groups is 1. The summed E-state index contributed by atoms with van der Waals surface area (Å²) in [6, 6.07) is 7.64. The zero-order chi connectivity index (χ0) is 14.5. The van der Waals surface area contributed by atoms with E-state index in [1.807, 2.05) is 35.9 Å². The molecule has 0 aliphatic carbocycles. The molecule has 2 aromatic rings. The van der Waals surface area contributed by atoms with Crippen LogP contribution in [0.15, 0.2) is 24.3 Å². The van der Waals surface area contributed by atoms with E-state index in [1.165, 1.54) is 0 Å². The van der Waals surface area contributed by atoms with E-state index in [0.29, 0.717) is 18.8 Å². The van der Waals surface area contributed by atoms with E-state index in [4.69, 9.17) is 9.47 Å². The second-order valence-corrected chi connectivity index (χ2v) is 4.58. The van der Waals surface area contributed by atoms with Crippen molar-refractivity contribution in [3.05, 3.63) is 30.0 Å². The Bertz CT molecular complexity index is 604. The molecule has 0 atom stereocenters. The molecule has 0 unspecified atom stereocenters. The summed E-state index contributed by atoms with van der Waals surface area (Å²) in [5.41, 5.74) is 1.60. The van der Waals surface area contributed by atoms with Crippen LogP contribution in [0.5, 0.6) is 5.75 Å². The second kappa shape index (κ2) is 6.43. The van der Waals surface area contributed by atoms with Crippen LogP contribution in [0.2, 0.25) is 0 Å². The Morgan fingerprint density at radius 2 is 2.15 bits per heavy atom. The van der Waals surface area contributed by atoms with Gasteiger partial charge >= 0.3 is 0 Å². The lowest BCUT2D eigenvalue weighted by atomic mass is 10.2. The van der Waals surface area contributed by atoms with Crippen LogP contribution >= 0.6 is 0 Å². The van der Waals surface area contributed by atoms with E-state index < -0.39 is 0 Å². The summed E-state index contributed by atoms with van der Waals surface area (Å²) in [6.07, 6.45) is 0.801. The molecule has 0 radical (unpaired) electrons. The molecule has 20 heavy (non-hydrogen) atoms. The minimum atomic E-state index is -0.0816. The van der Waals surface area contributed by atoms with Gasteiger partial charge in [-0.25, -0.2) is 0 Å². The summed E-state index contributed by atoms with van der Waals surface area (Å²) < 4.78 is 12.2. The number of rotatable bonds is 6. The SMILES string of the molecule is COCCCNC(=O)c1cc2c(OC)cccc2n1C. The fourth-order valence-corrected chi connectivity index (χ4v) is 2.24. The molecule has 1 N–H and O–H groups in total. The van der Waals surface area contributed by atoms with Crippen molar-refractivity contribution in [1.82, 2.24) is 9.88 Å².